The third-order valence-electron chi connectivity index (χ3n) is 2.09. The first kappa shape index (κ1) is 10.6. The zero-order valence-corrected chi connectivity index (χ0v) is 9.19. The molecular weight excluding hydrogens is 180 g/mol. The van der Waals surface area contributed by atoms with Gasteiger partial charge in [-0.15, -0.1) is 0 Å². The largest absolute Gasteiger partial charge is 0.0843 e. The van der Waals surface area contributed by atoms with E-state index in [0.29, 0.717) is 0 Å². The number of hydrogen-bond donors (Lipinski definition) is 0. The third kappa shape index (κ3) is 3.40. The molecular formula is C12H17Cl. The highest BCUT2D eigenvalue weighted by atomic mass is 35.5. The van der Waals surface area contributed by atoms with Crippen molar-refractivity contribution < 1.29 is 0 Å². The van der Waals surface area contributed by atoms with Gasteiger partial charge in [0.05, 0.1) is 0 Å². The lowest BCUT2D eigenvalue weighted by molar-refractivity contribution is 0.895. The number of benzene rings is 1. The molecule has 0 unspecified atom stereocenters. The van der Waals surface area contributed by atoms with E-state index in [-0.39, 0.29) is 0 Å². The van der Waals surface area contributed by atoms with Crippen LogP contribution in [0.3, 0.4) is 0 Å². The van der Waals surface area contributed by atoms with Crippen molar-refractivity contribution in [3.05, 3.63) is 34.3 Å². The van der Waals surface area contributed by atoms with Crippen LogP contribution in [-0.4, -0.2) is 0 Å². The van der Waals surface area contributed by atoms with Gasteiger partial charge in [-0.3, -0.25) is 0 Å². The maximum Gasteiger partial charge on any atom is 0.0411 e. The molecule has 0 aromatic heterocycles. The molecule has 0 aliphatic carbocycles. The smallest absolute Gasteiger partial charge is 0.0411 e. The summed E-state index contributed by atoms with van der Waals surface area (Å²) < 4.78 is 0. The Kier molecular flexibility index (Phi) is 4.31. The number of halogens is 1. The Balaban J connectivity index is 2.83. The lowest BCUT2D eigenvalue weighted by Crippen LogP contribution is -1.88. The maximum atomic E-state index is 6.02. The molecule has 0 saturated carbocycles. The molecule has 0 atom stereocenters. The average Bonchev–Trinajstić information content (AvgIpc) is 2.04. The van der Waals surface area contributed by atoms with Crippen molar-refractivity contribution in [3.63, 3.8) is 0 Å². The maximum absolute atomic E-state index is 6.02. The minimum absolute atomic E-state index is 0.884. The molecule has 1 aromatic rings. The van der Waals surface area contributed by atoms with Crippen LogP contribution in [0.5, 0.6) is 0 Å². The second kappa shape index (κ2) is 5.29. The summed E-state index contributed by atoms with van der Waals surface area (Å²) in [6.45, 7) is 4.39. The van der Waals surface area contributed by atoms with E-state index in [2.05, 4.69) is 32.0 Å². The lowest BCUT2D eigenvalue weighted by atomic mass is 10.0. The molecule has 0 aliphatic rings. The topological polar surface area (TPSA) is 0 Å². The van der Waals surface area contributed by atoms with E-state index in [1.54, 1.807) is 0 Å². The third-order valence-corrected chi connectivity index (χ3v) is 2.31. The normalized spacial score (nSPS) is 10.4. The molecule has 0 heterocycles. The summed E-state index contributed by atoms with van der Waals surface area (Å²) in [5.74, 6) is 0. The fourth-order valence-corrected chi connectivity index (χ4v) is 1.86. The van der Waals surface area contributed by atoms with E-state index in [1.807, 2.05) is 0 Å². The quantitative estimate of drug-likeness (QED) is 0.676. The highest BCUT2D eigenvalue weighted by molar-refractivity contribution is 6.30. The highest BCUT2D eigenvalue weighted by Crippen LogP contribution is 2.17. The van der Waals surface area contributed by atoms with Crippen LogP contribution in [0.1, 0.15) is 37.8 Å². The van der Waals surface area contributed by atoms with E-state index in [4.69, 9.17) is 11.6 Å². The zero-order chi connectivity index (χ0) is 9.68. The van der Waals surface area contributed by atoms with Crippen molar-refractivity contribution in [2.45, 2.75) is 39.5 Å². The summed E-state index contributed by atoms with van der Waals surface area (Å²) in [7, 11) is 0. The minimum Gasteiger partial charge on any atom is -0.0843 e. The van der Waals surface area contributed by atoms with Crippen LogP contribution in [0.25, 0.3) is 0 Å². The zero-order valence-electron chi connectivity index (χ0n) is 8.44. The fourth-order valence-electron chi connectivity index (χ4n) is 1.58. The number of hydrogen-bond acceptors (Lipinski definition) is 0. The van der Waals surface area contributed by atoms with Gasteiger partial charge in [-0.2, -0.15) is 0 Å². The minimum atomic E-state index is 0.884. The summed E-state index contributed by atoms with van der Waals surface area (Å²) in [6, 6.07) is 6.42. The van der Waals surface area contributed by atoms with Gasteiger partial charge in [0.15, 0.2) is 0 Å². The average molecular weight is 197 g/mol. The molecule has 0 saturated heterocycles. The molecule has 0 nitrogen and oxygen atoms in total. The predicted octanol–water partition coefficient (Wildman–Crippen LogP) is 4.25. The fraction of sp³-hybridized carbons (Fsp3) is 0.500. The summed E-state index contributed by atoms with van der Waals surface area (Å²) in [5.41, 5.74) is 2.75. The van der Waals surface area contributed by atoms with Crippen LogP contribution in [0.2, 0.25) is 5.02 Å². The van der Waals surface area contributed by atoms with Gasteiger partial charge in [-0.25, -0.2) is 0 Å². The Morgan fingerprint density at radius 3 is 1.77 bits per heavy atom. The van der Waals surface area contributed by atoms with Crippen LogP contribution < -0.4 is 0 Å². The van der Waals surface area contributed by atoms with Gasteiger partial charge in [0.2, 0.25) is 0 Å². The van der Waals surface area contributed by atoms with Gasteiger partial charge in [0, 0.05) is 5.02 Å². The van der Waals surface area contributed by atoms with E-state index >= 15 is 0 Å². The van der Waals surface area contributed by atoms with E-state index in [0.717, 1.165) is 17.9 Å². The first-order valence-electron chi connectivity index (χ1n) is 5.04. The monoisotopic (exact) mass is 196 g/mol. The van der Waals surface area contributed by atoms with E-state index in [1.165, 1.54) is 24.0 Å². The van der Waals surface area contributed by atoms with Crippen molar-refractivity contribution in [1.82, 2.24) is 0 Å². The van der Waals surface area contributed by atoms with Crippen molar-refractivity contribution in [3.8, 4) is 0 Å². The summed E-state index contributed by atoms with van der Waals surface area (Å²) in [4.78, 5) is 0. The van der Waals surface area contributed by atoms with Gasteiger partial charge in [-0.05, 0) is 36.1 Å². The van der Waals surface area contributed by atoms with Gasteiger partial charge < -0.3 is 0 Å². The van der Waals surface area contributed by atoms with Crippen LogP contribution in [0.4, 0.5) is 0 Å². The Hall–Kier alpha value is -0.490. The number of aryl methyl sites for hydroxylation is 2. The van der Waals surface area contributed by atoms with Crippen LogP contribution in [0.15, 0.2) is 18.2 Å². The second-order valence-electron chi connectivity index (χ2n) is 3.47. The number of rotatable bonds is 4. The molecule has 72 valence electrons. The molecule has 1 rings (SSSR count). The Labute approximate surface area is 85.9 Å². The standard InChI is InChI=1S/C12H17Cl/c1-3-5-10-7-11(6-4-2)9-12(13)8-10/h7-9H,3-6H2,1-2H3. The van der Waals surface area contributed by atoms with Gasteiger partial charge >= 0.3 is 0 Å². The van der Waals surface area contributed by atoms with Crippen LogP contribution in [0, 0.1) is 0 Å². The van der Waals surface area contributed by atoms with Crippen molar-refractivity contribution in [2.75, 3.05) is 0 Å². The van der Waals surface area contributed by atoms with Crippen molar-refractivity contribution in [1.29, 1.82) is 0 Å². The first-order chi connectivity index (χ1) is 6.26. The lowest BCUT2D eigenvalue weighted by Gasteiger charge is -2.04. The second-order valence-corrected chi connectivity index (χ2v) is 3.90. The molecule has 0 fully saturated rings. The molecule has 13 heavy (non-hydrogen) atoms. The van der Waals surface area contributed by atoms with Gasteiger partial charge in [-0.1, -0.05) is 44.4 Å². The SMILES string of the molecule is CCCc1cc(Cl)cc(CCC)c1. The molecule has 0 radical (unpaired) electrons. The van der Waals surface area contributed by atoms with Crippen molar-refractivity contribution in [2.24, 2.45) is 0 Å². The Bertz CT molecular complexity index is 242. The molecule has 0 aliphatic heterocycles. The molecule has 0 spiro atoms. The molecule has 0 bridgehead atoms. The molecule has 0 amide bonds. The van der Waals surface area contributed by atoms with E-state index < -0.39 is 0 Å². The highest BCUT2D eigenvalue weighted by Gasteiger charge is 1.98. The van der Waals surface area contributed by atoms with Crippen LogP contribution >= 0.6 is 11.6 Å². The first-order valence-corrected chi connectivity index (χ1v) is 5.42. The van der Waals surface area contributed by atoms with Crippen LogP contribution in [-0.2, 0) is 12.8 Å². The Morgan fingerprint density at radius 1 is 0.923 bits per heavy atom. The molecule has 1 heteroatoms. The van der Waals surface area contributed by atoms with E-state index in [9.17, 15) is 0 Å². The summed E-state index contributed by atoms with van der Waals surface area (Å²) in [5, 5.41) is 0.884. The summed E-state index contributed by atoms with van der Waals surface area (Å²) >= 11 is 6.02. The molecule has 0 N–H and O–H groups in total. The van der Waals surface area contributed by atoms with Gasteiger partial charge in [0.1, 0.15) is 0 Å². The van der Waals surface area contributed by atoms with Gasteiger partial charge in [0.25, 0.3) is 0 Å². The Morgan fingerprint density at radius 2 is 1.38 bits per heavy atom. The predicted molar refractivity (Wildman–Crippen MR) is 59.4 cm³/mol. The molecule has 1 aromatic carbocycles. The van der Waals surface area contributed by atoms with Crippen molar-refractivity contribution >= 4 is 11.6 Å². The summed E-state index contributed by atoms with van der Waals surface area (Å²) in [6.07, 6.45) is 4.65.